The average Bonchev–Trinajstić information content (AvgIpc) is 2.54. The Bertz CT molecular complexity index is 446. The molecule has 0 amide bonds. The first kappa shape index (κ1) is 10.8. The molecule has 0 unspecified atom stereocenters. The second-order valence-corrected chi connectivity index (χ2v) is 5.79. The molecule has 17 heavy (non-hydrogen) atoms. The lowest BCUT2D eigenvalue weighted by atomic mass is 9.58. The second-order valence-electron chi connectivity index (χ2n) is 5.79. The highest BCUT2D eigenvalue weighted by Crippen LogP contribution is 2.54. The van der Waals surface area contributed by atoms with E-state index in [-0.39, 0.29) is 29.3 Å². The maximum atomic E-state index is 11.7. The molecule has 0 spiro atoms. The van der Waals surface area contributed by atoms with E-state index in [0.717, 1.165) is 19.3 Å². The Morgan fingerprint density at radius 2 is 2.24 bits per heavy atom. The first-order chi connectivity index (χ1) is 8.03. The van der Waals surface area contributed by atoms with Crippen molar-refractivity contribution in [2.45, 2.75) is 32.3 Å². The van der Waals surface area contributed by atoms with Crippen LogP contribution in [-0.4, -0.2) is 12.1 Å². The van der Waals surface area contributed by atoms with Gasteiger partial charge in [0.1, 0.15) is 6.10 Å². The lowest BCUT2D eigenvalue weighted by Gasteiger charge is -2.47. The molecule has 1 saturated heterocycles. The highest BCUT2D eigenvalue weighted by Gasteiger charge is 2.53. The molecule has 2 aliphatic carbocycles. The second kappa shape index (κ2) is 3.34. The summed E-state index contributed by atoms with van der Waals surface area (Å²) in [5.74, 6) is 0.282. The SMILES string of the molecule is C=C1C(=O)O[C@H]2[C@@H]1CC[C@@]1(C)C=CCC(=C)[C@H]21. The molecule has 2 fully saturated rings. The van der Waals surface area contributed by atoms with Gasteiger partial charge in [-0.2, -0.15) is 0 Å². The molecule has 0 N–H and O–H groups in total. The van der Waals surface area contributed by atoms with Gasteiger partial charge in [-0.15, -0.1) is 0 Å². The van der Waals surface area contributed by atoms with E-state index in [1.54, 1.807) is 0 Å². The van der Waals surface area contributed by atoms with E-state index in [4.69, 9.17) is 4.74 Å². The molecule has 90 valence electrons. The fourth-order valence-electron chi connectivity index (χ4n) is 3.76. The van der Waals surface area contributed by atoms with Crippen LogP contribution in [0, 0.1) is 17.3 Å². The summed E-state index contributed by atoms with van der Waals surface area (Å²) in [7, 11) is 0. The van der Waals surface area contributed by atoms with Gasteiger partial charge < -0.3 is 4.74 Å². The molecule has 2 nitrogen and oxygen atoms in total. The van der Waals surface area contributed by atoms with Gasteiger partial charge in [0.05, 0.1) is 0 Å². The zero-order chi connectivity index (χ0) is 12.2. The maximum absolute atomic E-state index is 11.7. The predicted molar refractivity (Wildman–Crippen MR) is 66.2 cm³/mol. The van der Waals surface area contributed by atoms with Gasteiger partial charge >= 0.3 is 5.97 Å². The number of esters is 1. The molecule has 0 aromatic rings. The van der Waals surface area contributed by atoms with Crippen molar-refractivity contribution in [2.24, 2.45) is 17.3 Å². The minimum absolute atomic E-state index is 0.0220. The lowest BCUT2D eigenvalue weighted by molar-refractivity contribution is -0.143. The van der Waals surface area contributed by atoms with Crippen LogP contribution in [0.2, 0.25) is 0 Å². The zero-order valence-corrected chi connectivity index (χ0v) is 10.2. The molecule has 2 heteroatoms. The molecule has 1 heterocycles. The summed E-state index contributed by atoms with van der Waals surface area (Å²) in [4.78, 5) is 11.7. The topological polar surface area (TPSA) is 26.3 Å². The van der Waals surface area contributed by atoms with Crippen LogP contribution in [0.15, 0.2) is 36.5 Å². The summed E-state index contributed by atoms with van der Waals surface area (Å²) in [6, 6.07) is 0. The summed E-state index contributed by atoms with van der Waals surface area (Å²) >= 11 is 0. The summed E-state index contributed by atoms with van der Waals surface area (Å²) in [5.41, 5.74) is 1.98. The van der Waals surface area contributed by atoms with Crippen LogP contribution in [0.3, 0.4) is 0 Å². The minimum Gasteiger partial charge on any atom is -0.458 e. The maximum Gasteiger partial charge on any atom is 0.334 e. The van der Waals surface area contributed by atoms with Gasteiger partial charge in [-0.1, -0.05) is 37.8 Å². The minimum atomic E-state index is -0.202. The number of hydrogen-bond donors (Lipinski definition) is 0. The normalized spacial score (nSPS) is 44.3. The van der Waals surface area contributed by atoms with E-state index in [1.807, 2.05) is 0 Å². The fourth-order valence-corrected chi connectivity index (χ4v) is 3.76. The number of ether oxygens (including phenoxy) is 1. The summed E-state index contributed by atoms with van der Waals surface area (Å²) in [6.07, 6.45) is 7.46. The van der Waals surface area contributed by atoms with Crippen LogP contribution < -0.4 is 0 Å². The van der Waals surface area contributed by atoms with E-state index in [1.165, 1.54) is 5.57 Å². The fraction of sp³-hybridized carbons (Fsp3) is 0.533. The van der Waals surface area contributed by atoms with Crippen LogP contribution in [0.5, 0.6) is 0 Å². The third-order valence-electron chi connectivity index (χ3n) is 4.70. The Labute approximate surface area is 102 Å². The zero-order valence-electron chi connectivity index (χ0n) is 10.2. The number of allylic oxidation sites excluding steroid dienone is 2. The third kappa shape index (κ3) is 1.36. The first-order valence-electron chi connectivity index (χ1n) is 6.28. The molecule has 0 aromatic carbocycles. The van der Waals surface area contributed by atoms with Crippen molar-refractivity contribution in [1.82, 2.24) is 0 Å². The summed E-state index contributed by atoms with van der Waals surface area (Å²) < 4.78 is 5.55. The Kier molecular flexibility index (Phi) is 2.13. The molecule has 4 atom stereocenters. The monoisotopic (exact) mass is 230 g/mol. The number of fused-ring (bicyclic) bond motifs is 3. The van der Waals surface area contributed by atoms with Crippen LogP contribution in [-0.2, 0) is 9.53 Å². The van der Waals surface area contributed by atoms with Crippen LogP contribution in [0.4, 0.5) is 0 Å². The number of carbonyl (C=O) groups is 1. The number of rotatable bonds is 0. The molecule has 1 saturated carbocycles. The molecule has 3 aliphatic rings. The largest absolute Gasteiger partial charge is 0.458 e. The van der Waals surface area contributed by atoms with Gasteiger partial charge in [0.2, 0.25) is 0 Å². The Hall–Kier alpha value is -1.31. The molecular formula is C15H18O2. The molecule has 3 rings (SSSR count). The van der Waals surface area contributed by atoms with Crippen molar-refractivity contribution in [3.05, 3.63) is 36.5 Å². The van der Waals surface area contributed by atoms with Gasteiger partial charge in [0.15, 0.2) is 0 Å². The predicted octanol–water partition coefficient (Wildman–Crippen LogP) is 3.02. The van der Waals surface area contributed by atoms with Crippen molar-refractivity contribution < 1.29 is 9.53 Å². The molecule has 1 aliphatic heterocycles. The summed E-state index contributed by atoms with van der Waals surface area (Å²) in [6.45, 7) is 10.3. The van der Waals surface area contributed by atoms with E-state index >= 15 is 0 Å². The Morgan fingerprint density at radius 1 is 1.47 bits per heavy atom. The molecule has 0 bridgehead atoms. The highest BCUT2D eigenvalue weighted by molar-refractivity contribution is 5.91. The smallest absolute Gasteiger partial charge is 0.334 e. The third-order valence-corrected chi connectivity index (χ3v) is 4.70. The van der Waals surface area contributed by atoms with Gasteiger partial charge in [-0.3, -0.25) is 0 Å². The summed E-state index contributed by atoms with van der Waals surface area (Å²) in [5, 5.41) is 0. The number of carbonyl (C=O) groups excluding carboxylic acids is 1. The quantitative estimate of drug-likeness (QED) is 0.363. The number of hydrogen-bond acceptors (Lipinski definition) is 2. The van der Waals surface area contributed by atoms with E-state index < -0.39 is 0 Å². The van der Waals surface area contributed by atoms with E-state index in [0.29, 0.717) is 5.57 Å². The first-order valence-corrected chi connectivity index (χ1v) is 6.28. The van der Waals surface area contributed by atoms with Crippen LogP contribution in [0.1, 0.15) is 26.2 Å². The molecular weight excluding hydrogens is 212 g/mol. The van der Waals surface area contributed by atoms with E-state index in [9.17, 15) is 4.79 Å². The highest BCUT2D eigenvalue weighted by atomic mass is 16.6. The van der Waals surface area contributed by atoms with Crippen molar-refractivity contribution in [3.63, 3.8) is 0 Å². The van der Waals surface area contributed by atoms with Gasteiger partial charge in [0, 0.05) is 17.4 Å². The standard InChI is InChI=1S/C15H18O2/c1-9-5-4-7-15(3)8-6-11-10(2)14(16)17-13(11)12(9)15/h4,7,11-13H,1-2,5-6,8H2,3H3/t11-,12-,13+,15-/m1/s1. The van der Waals surface area contributed by atoms with E-state index in [2.05, 4.69) is 32.2 Å². The van der Waals surface area contributed by atoms with Crippen molar-refractivity contribution in [2.75, 3.05) is 0 Å². The average molecular weight is 230 g/mol. The van der Waals surface area contributed by atoms with Gasteiger partial charge in [-0.25, -0.2) is 4.79 Å². The van der Waals surface area contributed by atoms with Crippen molar-refractivity contribution in [1.29, 1.82) is 0 Å². The lowest BCUT2D eigenvalue weighted by Crippen LogP contribution is -2.45. The molecule has 0 aromatic heterocycles. The Morgan fingerprint density at radius 3 is 3.00 bits per heavy atom. The molecule has 0 radical (unpaired) electrons. The van der Waals surface area contributed by atoms with Gasteiger partial charge in [0.25, 0.3) is 0 Å². The van der Waals surface area contributed by atoms with Crippen LogP contribution >= 0.6 is 0 Å². The van der Waals surface area contributed by atoms with Crippen LogP contribution in [0.25, 0.3) is 0 Å². The van der Waals surface area contributed by atoms with Crippen molar-refractivity contribution >= 4 is 5.97 Å². The van der Waals surface area contributed by atoms with Gasteiger partial charge in [-0.05, 0) is 24.7 Å². The Balaban J connectivity index is 2.02. The van der Waals surface area contributed by atoms with Crippen molar-refractivity contribution in [3.8, 4) is 0 Å².